The minimum absolute atomic E-state index is 0.160. The van der Waals surface area contributed by atoms with Gasteiger partial charge in [0.1, 0.15) is 0 Å². The summed E-state index contributed by atoms with van der Waals surface area (Å²) >= 11 is 3.32. The molecule has 1 aromatic heterocycles. The largest absolute Gasteiger partial charge is 0.387 e. The smallest absolute Gasteiger partial charge is 0.283 e. The standard InChI is InChI=1S/C16H9BrFNO3/c17-12-4-5-13-10(8-12)3-6-14(15(13)18)21-22-16(20)11-2-1-7-19-9-11/h1-9H. The molecule has 2 aromatic carbocycles. The zero-order valence-electron chi connectivity index (χ0n) is 11.1. The minimum atomic E-state index is -0.747. The lowest BCUT2D eigenvalue weighted by atomic mass is 10.1. The third kappa shape index (κ3) is 2.92. The van der Waals surface area contributed by atoms with Crippen LogP contribution in [0.2, 0.25) is 0 Å². The van der Waals surface area contributed by atoms with Crippen molar-refractivity contribution in [3.8, 4) is 5.75 Å². The number of rotatable bonds is 3. The molecule has 0 N–H and O–H groups in total. The molecule has 4 nitrogen and oxygen atoms in total. The molecule has 0 aliphatic rings. The van der Waals surface area contributed by atoms with Crippen LogP contribution in [-0.2, 0) is 4.89 Å². The highest BCUT2D eigenvalue weighted by atomic mass is 79.9. The van der Waals surface area contributed by atoms with E-state index in [0.29, 0.717) is 10.8 Å². The third-order valence-electron chi connectivity index (χ3n) is 2.99. The van der Waals surface area contributed by atoms with Crippen LogP contribution in [0.1, 0.15) is 10.4 Å². The summed E-state index contributed by atoms with van der Waals surface area (Å²) in [6.45, 7) is 0. The van der Waals surface area contributed by atoms with Crippen molar-refractivity contribution >= 4 is 32.7 Å². The number of benzene rings is 2. The molecule has 0 saturated carbocycles. The monoisotopic (exact) mass is 361 g/mol. The summed E-state index contributed by atoms with van der Waals surface area (Å²) in [5.74, 6) is -1.50. The number of pyridine rings is 1. The first-order valence-corrected chi connectivity index (χ1v) is 7.11. The summed E-state index contributed by atoms with van der Waals surface area (Å²) in [6, 6.07) is 11.3. The van der Waals surface area contributed by atoms with Gasteiger partial charge >= 0.3 is 5.97 Å². The molecule has 3 rings (SSSR count). The summed E-state index contributed by atoms with van der Waals surface area (Å²) in [5.41, 5.74) is 0.215. The Balaban J connectivity index is 1.81. The van der Waals surface area contributed by atoms with E-state index in [9.17, 15) is 9.18 Å². The molecular formula is C16H9BrFNO3. The number of halogens is 2. The molecule has 0 radical (unpaired) electrons. The van der Waals surface area contributed by atoms with Crippen molar-refractivity contribution in [2.75, 3.05) is 0 Å². The highest BCUT2D eigenvalue weighted by Gasteiger charge is 2.13. The maximum atomic E-state index is 14.3. The Labute approximate surface area is 133 Å². The fourth-order valence-electron chi connectivity index (χ4n) is 1.92. The van der Waals surface area contributed by atoms with Gasteiger partial charge in [-0.3, -0.25) is 9.87 Å². The van der Waals surface area contributed by atoms with Gasteiger partial charge in [-0.2, -0.15) is 0 Å². The van der Waals surface area contributed by atoms with Crippen molar-refractivity contribution in [3.05, 3.63) is 70.7 Å². The second-order valence-corrected chi connectivity index (χ2v) is 5.35. The first-order valence-electron chi connectivity index (χ1n) is 6.32. The van der Waals surface area contributed by atoms with E-state index in [2.05, 4.69) is 25.8 Å². The van der Waals surface area contributed by atoms with Gasteiger partial charge in [-0.1, -0.05) is 28.1 Å². The van der Waals surface area contributed by atoms with Crippen molar-refractivity contribution in [3.63, 3.8) is 0 Å². The van der Waals surface area contributed by atoms with E-state index < -0.39 is 11.8 Å². The quantitative estimate of drug-likeness (QED) is 0.515. The Morgan fingerprint density at radius 2 is 2.05 bits per heavy atom. The van der Waals surface area contributed by atoms with Crippen molar-refractivity contribution in [1.29, 1.82) is 0 Å². The van der Waals surface area contributed by atoms with E-state index in [1.165, 1.54) is 24.5 Å². The zero-order valence-corrected chi connectivity index (χ0v) is 12.7. The van der Waals surface area contributed by atoms with Gasteiger partial charge in [-0.25, -0.2) is 14.1 Å². The van der Waals surface area contributed by atoms with Crippen LogP contribution in [0.25, 0.3) is 10.8 Å². The maximum absolute atomic E-state index is 14.3. The Kier molecular flexibility index (Phi) is 4.02. The van der Waals surface area contributed by atoms with Gasteiger partial charge in [0.25, 0.3) is 0 Å². The molecule has 0 aliphatic heterocycles. The van der Waals surface area contributed by atoms with Crippen LogP contribution in [0.3, 0.4) is 0 Å². The second kappa shape index (κ2) is 6.11. The van der Waals surface area contributed by atoms with E-state index in [4.69, 9.17) is 4.89 Å². The summed E-state index contributed by atoms with van der Waals surface area (Å²) < 4.78 is 15.2. The summed E-state index contributed by atoms with van der Waals surface area (Å²) in [5, 5.41) is 1.08. The molecule has 0 unspecified atom stereocenters. The van der Waals surface area contributed by atoms with Crippen LogP contribution < -0.4 is 4.89 Å². The predicted octanol–water partition coefficient (Wildman–Crippen LogP) is 4.29. The Bertz CT molecular complexity index is 839. The molecule has 6 heteroatoms. The molecule has 0 bridgehead atoms. The van der Waals surface area contributed by atoms with E-state index in [1.807, 2.05) is 0 Å². The Morgan fingerprint density at radius 1 is 1.18 bits per heavy atom. The maximum Gasteiger partial charge on any atom is 0.387 e. The second-order valence-electron chi connectivity index (χ2n) is 4.44. The molecule has 0 spiro atoms. The molecule has 3 aromatic rings. The SMILES string of the molecule is O=C(OOc1ccc2cc(Br)ccc2c1F)c1cccnc1. The number of carbonyl (C=O) groups excluding carboxylic acids is 1. The van der Waals surface area contributed by atoms with Crippen LogP contribution in [0.5, 0.6) is 5.75 Å². The third-order valence-corrected chi connectivity index (χ3v) is 3.48. The lowest BCUT2D eigenvalue weighted by Gasteiger charge is -2.07. The molecule has 1 heterocycles. The molecular weight excluding hydrogens is 353 g/mol. The van der Waals surface area contributed by atoms with Gasteiger partial charge < -0.3 is 0 Å². The molecule has 0 atom stereocenters. The van der Waals surface area contributed by atoms with Gasteiger partial charge in [-0.05, 0) is 35.7 Å². The lowest BCUT2D eigenvalue weighted by molar-refractivity contribution is -0.151. The average molecular weight is 362 g/mol. The molecule has 0 aliphatic carbocycles. The van der Waals surface area contributed by atoms with E-state index in [1.54, 1.807) is 30.3 Å². The van der Waals surface area contributed by atoms with Crippen LogP contribution in [0, 0.1) is 5.82 Å². The number of carbonyl (C=O) groups is 1. The molecule has 0 saturated heterocycles. The van der Waals surface area contributed by atoms with Crippen LogP contribution in [-0.4, -0.2) is 11.0 Å². The van der Waals surface area contributed by atoms with Gasteiger partial charge in [0.05, 0.1) is 5.56 Å². The van der Waals surface area contributed by atoms with E-state index >= 15 is 0 Å². The summed E-state index contributed by atoms with van der Waals surface area (Å²) in [4.78, 5) is 25.0. The van der Waals surface area contributed by atoms with E-state index in [0.717, 1.165) is 4.47 Å². The number of nitrogens with zero attached hydrogens (tertiary/aromatic N) is 1. The summed E-state index contributed by atoms with van der Waals surface area (Å²) in [7, 11) is 0. The number of hydrogen-bond donors (Lipinski definition) is 0. The van der Waals surface area contributed by atoms with Crippen molar-refractivity contribution in [2.24, 2.45) is 0 Å². The van der Waals surface area contributed by atoms with Crippen molar-refractivity contribution in [1.82, 2.24) is 4.98 Å². The lowest BCUT2D eigenvalue weighted by Crippen LogP contribution is -2.09. The van der Waals surface area contributed by atoms with Gasteiger partial charge in [0.2, 0.25) is 5.75 Å². The van der Waals surface area contributed by atoms with Gasteiger partial charge in [0, 0.05) is 22.3 Å². The van der Waals surface area contributed by atoms with Gasteiger partial charge in [-0.15, -0.1) is 0 Å². The molecule has 22 heavy (non-hydrogen) atoms. The van der Waals surface area contributed by atoms with Crippen molar-refractivity contribution < 1.29 is 19.0 Å². The number of hydrogen-bond acceptors (Lipinski definition) is 4. The van der Waals surface area contributed by atoms with Crippen molar-refractivity contribution in [2.45, 2.75) is 0 Å². The summed E-state index contributed by atoms with van der Waals surface area (Å²) in [6.07, 6.45) is 2.86. The van der Waals surface area contributed by atoms with Crippen LogP contribution in [0.15, 0.2) is 59.3 Å². The topological polar surface area (TPSA) is 48.4 Å². The molecule has 0 fully saturated rings. The Morgan fingerprint density at radius 3 is 2.82 bits per heavy atom. The Hall–Kier alpha value is -2.47. The van der Waals surface area contributed by atoms with Crippen LogP contribution in [0.4, 0.5) is 4.39 Å². The fraction of sp³-hybridized carbons (Fsp3) is 0. The molecule has 0 amide bonds. The number of fused-ring (bicyclic) bond motifs is 1. The normalized spacial score (nSPS) is 10.5. The highest BCUT2D eigenvalue weighted by Crippen LogP contribution is 2.28. The van der Waals surface area contributed by atoms with Crippen LogP contribution >= 0.6 is 15.9 Å². The first-order chi connectivity index (χ1) is 10.6. The fourth-order valence-corrected chi connectivity index (χ4v) is 2.30. The highest BCUT2D eigenvalue weighted by molar-refractivity contribution is 9.10. The average Bonchev–Trinajstić information content (AvgIpc) is 2.54. The number of aromatic nitrogens is 1. The zero-order chi connectivity index (χ0) is 15.5. The van der Waals surface area contributed by atoms with Gasteiger partial charge in [0.15, 0.2) is 5.82 Å². The first kappa shape index (κ1) is 14.5. The minimum Gasteiger partial charge on any atom is -0.283 e. The van der Waals surface area contributed by atoms with E-state index in [-0.39, 0.29) is 11.3 Å². The predicted molar refractivity (Wildman–Crippen MR) is 81.9 cm³/mol. The molecule has 110 valence electrons.